The van der Waals surface area contributed by atoms with Gasteiger partial charge in [-0.25, -0.2) is 4.98 Å². The zero-order valence-corrected chi connectivity index (χ0v) is 18.0. The fourth-order valence-electron chi connectivity index (χ4n) is 4.26. The van der Waals surface area contributed by atoms with Crippen LogP contribution in [0.25, 0.3) is 5.65 Å². The van der Waals surface area contributed by atoms with Crippen LogP contribution in [0.2, 0.25) is 0 Å². The number of ether oxygens (including phenoxy) is 1. The zero-order chi connectivity index (χ0) is 22.4. The minimum absolute atomic E-state index is 0.0178. The number of carbonyl (C=O) groups excluding carboxylic acids is 2. The van der Waals surface area contributed by atoms with E-state index >= 15 is 0 Å². The number of fused-ring (bicyclic) bond motifs is 1. The first-order chi connectivity index (χ1) is 14.9. The van der Waals surface area contributed by atoms with Crippen molar-refractivity contribution in [2.75, 3.05) is 19.0 Å². The molecule has 0 saturated heterocycles. The highest BCUT2D eigenvalue weighted by Gasteiger charge is 2.28. The lowest BCUT2D eigenvalue weighted by Crippen LogP contribution is -2.42. The molecule has 2 aromatic heterocycles. The topological polar surface area (TPSA) is 122 Å². The third kappa shape index (κ3) is 5.34. The number of hydrogen-bond donors (Lipinski definition) is 3. The number of nitrogens with zero attached hydrogens (tertiary/aromatic N) is 2. The quantitative estimate of drug-likeness (QED) is 0.523. The molecule has 2 heterocycles. The summed E-state index contributed by atoms with van der Waals surface area (Å²) < 4.78 is 6.43. The summed E-state index contributed by atoms with van der Waals surface area (Å²) in [5, 5.41) is 15.4. The number of anilines is 1. The number of esters is 1. The number of aliphatic carboxylic acids is 1. The number of carboxylic acids is 1. The van der Waals surface area contributed by atoms with Gasteiger partial charge in [0.15, 0.2) is 5.65 Å². The Morgan fingerprint density at radius 1 is 1.29 bits per heavy atom. The average molecular weight is 431 g/mol. The van der Waals surface area contributed by atoms with Gasteiger partial charge in [-0.05, 0) is 37.3 Å². The van der Waals surface area contributed by atoms with Crippen molar-refractivity contribution in [3.8, 4) is 0 Å². The van der Waals surface area contributed by atoms with E-state index in [0.717, 1.165) is 37.8 Å². The third-order valence-corrected chi connectivity index (χ3v) is 5.86. The highest BCUT2D eigenvalue weighted by Crippen LogP contribution is 2.28. The number of aryl methyl sites for hydroxylation is 1. The van der Waals surface area contributed by atoms with E-state index < -0.39 is 18.0 Å². The second-order valence-electron chi connectivity index (χ2n) is 7.88. The molecule has 1 fully saturated rings. The van der Waals surface area contributed by atoms with E-state index in [-0.39, 0.29) is 24.8 Å². The average Bonchev–Trinajstić information content (AvgIpc) is 3.14. The molecule has 31 heavy (non-hydrogen) atoms. The van der Waals surface area contributed by atoms with Gasteiger partial charge < -0.3 is 20.5 Å². The van der Waals surface area contributed by atoms with Crippen LogP contribution in [0.15, 0.2) is 18.3 Å². The number of rotatable bonds is 9. The Morgan fingerprint density at radius 3 is 2.68 bits per heavy atom. The Hall–Kier alpha value is -3.10. The zero-order valence-electron chi connectivity index (χ0n) is 18.0. The number of nitrogens with one attached hydrogen (secondary N) is 2. The van der Waals surface area contributed by atoms with E-state index in [4.69, 9.17) is 0 Å². The molecule has 9 heteroatoms. The van der Waals surface area contributed by atoms with Gasteiger partial charge in [-0.15, -0.1) is 0 Å². The van der Waals surface area contributed by atoms with Crippen molar-refractivity contribution in [3.63, 3.8) is 0 Å². The molecule has 0 spiro atoms. The Kier molecular flexibility index (Phi) is 7.49. The van der Waals surface area contributed by atoms with Gasteiger partial charge in [-0.2, -0.15) is 0 Å². The van der Waals surface area contributed by atoms with E-state index in [1.54, 1.807) is 22.7 Å². The lowest BCUT2D eigenvalue weighted by molar-refractivity contribution is -0.139. The maximum absolute atomic E-state index is 13.2. The molecular formula is C22H30N4O5. The molecular weight excluding hydrogens is 400 g/mol. The summed E-state index contributed by atoms with van der Waals surface area (Å²) in [7, 11) is 1.32. The number of carbonyl (C=O) groups is 3. The Bertz CT molecular complexity index is 949. The molecule has 1 amide bonds. The van der Waals surface area contributed by atoms with Crippen LogP contribution in [0.1, 0.15) is 61.5 Å². The first-order valence-electron chi connectivity index (χ1n) is 10.8. The Labute approximate surface area is 181 Å². The molecule has 1 aliphatic rings. The van der Waals surface area contributed by atoms with Gasteiger partial charge in [0, 0.05) is 12.2 Å². The molecule has 1 aliphatic carbocycles. The molecule has 3 rings (SSSR count). The van der Waals surface area contributed by atoms with Crippen LogP contribution in [0.3, 0.4) is 0 Å². The number of methoxy groups -OCH3 is 1. The highest BCUT2D eigenvalue weighted by atomic mass is 16.5. The number of aromatic nitrogens is 2. The van der Waals surface area contributed by atoms with Crippen LogP contribution >= 0.6 is 0 Å². The smallest absolute Gasteiger partial charge is 0.325 e. The number of pyridine rings is 1. The van der Waals surface area contributed by atoms with E-state index in [2.05, 4.69) is 20.4 Å². The summed E-state index contributed by atoms with van der Waals surface area (Å²) in [6.07, 6.45) is 7.40. The van der Waals surface area contributed by atoms with Gasteiger partial charge >= 0.3 is 11.9 Å². The third-order valence-electron chi connectivity index (χ3n) is 5.86. The standard InChI is InChI=1S/C22H30N4O5/c1-3-16-21(23-13-19(29)31-2)26-11-7-10-15(20(26)24-16)22(30)25-17(12-18(27)28)14-8-5-4-6-9-14/h7,10-11,14,17,23H,3-6,8-9,12-13H2,1-2H3,(H,25,30)(H,27,28). The predicted octanol–water partition coefficient (Wildman–Crippen LogP) is 2.64. The summed E-state index contributed by atoms with van der Waals surface area (Å²) in [5.74, 6) is -0.870. The molecule has 3 N–H and O–H groups in total. The van der Waals surface area contributed by atoms with Crippen molar-refractivity contribution in [1.82, 2.24) is 14.7 Å². The van der Waals surface area contributed by atoms with E-state index in [1.807, 2.05) is 6.92 Å². The largest absolute Gasteiger partial charge is 0.481 e. The molecule has 0 aliphatic heterocycles. The van der Waals surface area contributed by atoms with Gasteiger partial charge in [0.05, 0.1) is 24.8 Å². The summed E-state index contributed by atoms with van der Waals surface area (Å²) in [5.41, 5.74) is 1.55. The summed E-state index contributed by atoms with van der Waals surface area (Å²) in [4.78, 5) is 40.7. The normalized spacial score (nSPS) is 15.4. The number of imidazole rings is 1. The van der Waals surface area contributed by atoms with Gasteiger partial charge in [-0.1, -0.05) is 26.2 Å². The predicted molar refractivity (Wildman–Crippen MR) is 115 cm³/mol. The van der Waals surface area contributed by atoms with Crippen molar-refractivity contribution in [3.05, 3.63) is 29.6 Å². The Morgan fingerprint density at radius 2 is 2.03 bits per heavy atom. The van der Waals surface area contributed by atoms with Crippen LogP contribution in [0.5, 0.6) is 0 Å². The van der Waals surface area contributed by atoms with Crippen LogP contribution in [0.4, 0.5) is 5.82 Å². The first kappa shape index (κ1) is 22.6. The highest BCUT2D eigenvalue weighted by molar-refractivity contribution is 6.00. The van der Waals surface area contributed by atoms with Crippen molar-refractivity contribution in [2.45, 2.75) is 57.9 Å². The molecule has 1 saturated carbocycles. The second kappa shape index (κ2) is 10.3. The maximum atomic E-state index is 13.2. The maximum Gasteiger partial charge on any atom is 0.325 e. The fourth-order valence-corrected chi connectivity index (χ4v) is 4.26. The van der Waals surface area contributed by atoms with Crippen molar-refractivity contribution in [1.29, 1.82) is 0 Å². The molecule has 2 aromatic rings. The van der Waals surface area contributed by atoms with Crippen molar-refractivity contribution < 1.29 is 24.2 Å². The van der Waals surface area contributed by atoms with Crippen molar-refractivity contribution in [2.24, 2.45) is 5.92 Å². The van der Waals surface area contributed by atoms with Crippen LogP contribution in [-0.4, -0.2) is 52.0 Å². The molecule has 0 bridgehead atoms. The molecule has 9 nitrogen and oxygen atoms in total. The number of amides is 1. The lowest BCUT2D eigenvalue weighted by atomic mass is 9.82. The lowest BCUT2D eigenvalue weighted by Gasteiger charge is -2.30. The van der Waals surface area contributed by atoms with Gasteiger partial charge in [-0.3, -0.25) is 18.8 Å². The van der Waals surface area contributed by atoms with E-state index in [1.165, 1.54) is 7.11 Å². The first-order valence-corrected chi connectivity index (χ1v) is 10.8. The van der Waals surface area contributed by atoms with E-state index in [9.17, 15) is 19.5 Å². The van der Waals surface area contributed by atoms with E-state index in [0.29, 0.717) is 23.4 Å². The SMILES string of the molecule is CCc1nc2c(C(=O)NC(CC(=O)O)C3CCCCC3)cccn2c1NCC(=O)OC. The summed E-state index contributed by atoms with van der Waals surface area (Å²) in [6, 6.07) is 3.00. The molecule has 1 unspecified atom stereocenters. The molecule has 0 radical (unpaired) electrons. The second-order valence-corrected chi connectivity index (χ2v) is 7.88. The minimum atomic E-state index is -0.919. The Balaban J connectivity index is 1.88. The van der Waals surface area contributed by atoms with Gasteiger partial charge in [0.2, 0.25) is 0 Å². The van der Waals surface area contributed by atoms with Gasteiger partial charge in [0.1, 0.15) is 12.4 Å². The minimum Gasteiger partial charge on any atom is -0.481 e. The van der Waals surface area contributed by atoms with Gasteiger partial charge in [0.25, 0.3) is 5.91 Å². The number of carboxylic acid groups (broad SMARTS) is 1. The molecule has 0 aromatic carbocycles. The van der Waals surface area contributed by atoms with Crippen LogP contribution in [-0.2, 0) is 20.7 Å². The van der Waals surface area contributed by atoms with Crippen LogP contribution in [0, 0.1) is 5.92 Å². The molecule has 168 valence electrons. The number of hydrogen-bond acceptors (Lipinski definition) is 6. The fraction of sp³-hybridized carbons (Fsp3) is 0.545. The monoisotopic (exact) mass is 430 g/mol. The van der Waals surface area contributed by atoms with Crippen molar-refractivity contribution >= 4 is 29.3 Å². The summed E-state index contributed by atoms with van der Waals surface area (Å²) >= 11 is 0. The molecule has 1 atom stereocenters. The van der Waals surface area contributed by atoms with Crippen LogP contribution < -0.4 is 10.6 Å². The summed E-state index contributed by atoms with van der Waals surface area (Å²) in [6.45, 7) is 1.92.